The fourth-order valence-electron chi connectivity index (χ4n) is 4.31. The average Bonchev–Trinajstić information content (AvgIpc) is 3.45. The van der Waals surface area contributed by atoms with Crippen LogP contribution in [0.5, 0.6) is 11.5 Å². The zero-order valence-corrected chi connectivity index (χ0v) is 25.8. The summed E-state index contributed by atoms with van der Waals surface area (Å²) in [6, 6.07) is 23.3. The van der Waals surface area contributed by atoms with Gasteiger partial charge in [-0.25, -0.2) is 10.4 Å². The lowest BCUT2D eigenvalue weighted by molar-refractivity contribution is -0.118. The topological polar surface area (TPSA) is 115 Å². The number of nitrogens with one attached hydrogen (secondary N) is 2. The third-order valence-electron chi connectivity index (χ3n) is 6.52. The molecule has 5 rings (SSSR count). The van der Waals surface area contributed by atoms with E-state index in [2.05, 4.69) is 20.8 Å². The van der Waals surface area contributed by atoms with Gasteiger partial charge in [-0.15, -0.1) is 0 Å². The van der Waals surface area contributed by atoms with Crippen LogP contribution in [0.1, 0.15) is 32.6 Å². The standard InChI is InChI=1S/C33H29ClN4O5S/c1-20-14-26(15-21(2)31(20)34)42-18-30(39)36-25-11-9-23(10-12-25)32(40)38-35-17-22-8-13-28(41-3)24(16-22)19-44-33-37-27-6-4-5-7-29(27)43-33/h4-17H,18-19H2,1-3H3,(H,36,39)(H,38,40)/b35-17+. The molecule has 0 saturated heterocycles. The van der Waals surface area contributed by atoms with Crippen LogP contribution in [0.15, 0.2) is 93.6 Å². The number of thioether (sulfide) groups is 1. The third kappa shape index (κ3) is 7.77. The van der Waals surface area contributed by atoms with Crippen molar-refractivity contribution in [3.05, 3.63) is 112 Å². The van der Waals surface area contributed by atoms with E-state index in [1.165, 1.54) is 11.8 Å². The Balaban J connectivity index is 1.12. The van der Waals surface area contributed by atoms with E-state index < -0.39 is 5.91 Å². The first-order valence-electron chi connectivity index (χ1n) is 13.6. The number of amides is 2. The van der Waals surface area contributed by atoms with Crippen LogP contribution in [0.2, 0.25) is 5.02 Å². The Morgan fingerprint density at radius 1 is 1.02 bits per heavy atom. The van der Waals surface area contributed by atoms with Gasteiger partial charge in [0.2, 0.25) is 0 Å². The molecule has 0 bridgehead atoms. The smallest absolute Gasteiger partial charge is 0.271 e. The van der Waals surface area contributed by atoms with E-state index in [0.717, 1.165) is 39.1 Å². The highest BCUT2D eigenvalue weighted by atomic mass is 35.5. The molecular weight excluding hydrogens is 600 g/mol. The van der Waals surface area contributed by atoms with Crippen molar-refractivity contribution in [3.63, 3.8) is 0 Å². The first-order chi connectivity index (χ1) is 21.3. The van der Waals surface area contributed by atoms with Crippen LogP contribution >= 0.6 is 23.4 Å². The number of carbonyl (C=O) groups is 2. The molecule has 0 unspecified atom stereocenters. The molecule has 0 atom stereocenters. The maximum atomic E-state index is 12.6. The molecule has 11 heteroatoms. The van der Waals surface area contributed by atoms with Crippen LogP contribution in [0.4, 0.5) is 5.69 Å². The molecule has 44 heavy (non-hydrogen) atoms. The van der Waals surface area contributed by atoms with Gasteiger partial charge in [0.25, 0.3) is 17.0 Å². The average molecular weight is 629 g/mol. The number of aromatic nitrogens is 1. The van der Waals surface area contributed by atoms with Gasteiger partial charge in [0.1, 0.15) is 17.0 Å². The summed E-state index contributed by atoms with van der Waals surface area (Å²) in [5.74, 6) is 1.14. The van der Waals surface area contributed by atoms with Crippen molar-refractivity contribution in [1.82, 2.24) is 10.4 Å². The zero-order chi connectivity index (χ0) is 31.1. The minimum atomic E-state index is -0.392. The minimum Gasteiger partial charge on any atom is -0.496 e. The molecule has 0 aliphatic heterocycles. The summed E-state index contributed by atoms with van der Waals surface area (Å²) in [6.07, 6.45) is 1.56. The van der Waals surface area contributed by atoms with Crippen LogP contribution in [0.3, 0.4) is 0 Å². The lowest BCUT2D eigenvalue weighted by Gasteiger charge is -2.10. The number of methoxy groups -OCH3 is 1. The first kappa shape index (κ1) is 30.7. The molecule has 4 aromatic carbocycles. The molecule has 0 saturated carbocycles. The number of fused-ring (bicyclic) bond motifs is 1. The molecule has 2 N–H and O–H groups in total. The van der Waals surface area contributed by atoms with E-state index in [1.54, 1.807) is 49.7 Å². The monoisotopic (exact) mass is 628 g/mol. The minimum absolute atomic E-state index is 0.167. The SMILES string of the molecule is COc1ccc(/C=N/NC(=O)c2ccc(NC(=O)COc3cc(C)c(Cl)c(C)c3)cc2)cc1CSc1nc2ccccc2o1. The molecule has 0 fully saturated rings. The molecule has 0 aliphatic rings. The maximum absolute atomic E-state index is 12.6. The maximum Gasteiger partial charge on any atom is 0.271 e. The Kier molecular flexibility index (Phi) is 9.83. The van der Waals surface area contributed by atoms with Crippen LogP contribution in [0, 0.1) is 13.8 Å². The van der Waals surface area contributed by atoms with Crippen molar-refractivity contribution < 1.29 is 23.5 Å². The summed E-state index contributed by atoms with van der Waals surface area (Å²) in [4.78, 5) is 29.5. The van der Waals surface area contributed by atoms with Crippen LogP contribution in [-0.4, -0.2) is 36.7 Å². The number of hydrazone groups is 1. The van der Waals surface area contributed by atoms with Crippen LogP contribution in [0.25, 0.3) is 11.1 Å². The number of nitrogens with zero attached hydrogens (tertiary/aromatic N) is 2. The quantitative estimate of drug-likeness (QED) is 0.0904. The molecule has 5 aromatic rings. The number of hydrogen-bond acceptors (Lipinski definition) is 8. The molecule has 0 aliphatic carbocycles. The summed E-state index contributed by atoms with van der Waals surface area (Å²) in [5.41, 5.74) is 8.45. The lowest BCUT2D eigenvalue weighted by atomic mass is 10.1. The number of para-hydroxylation sites is 2. The van der Waals surface area contributed by atoms with Crippen LogP contribution in [-0.2, 0) is 10.5 Å². The van der Waals surface area contributed by atoms with Crippen molar-refractivity contribution in [1.29, 1.82) is 0 Å². The third-order valence-corrected chi connectivity index (χ3v) is 7.99. The Hall–Kier alpha value is -4.80. The van der Waals surface area contributed by atoms with Gasteiger partial charge >= 0.3 is 0 Å². The zero-order valence-electron chi connectivity index (χ0n) is 24.2. The predicted octanol–water partition coefficient (Wildman–Crippen LogP) is 7.18. The fraction of sp³-hybridized carbons (Fsp3) is 0.152. The Morgan fingerprint density at radius 3 is 2.50 bits per heavy atom. The molecular formula is C33H29ClN4O5S. The highest BCUT2D eigenvalue weighted by Crippen LogP contribution is 2.30. The number of rotatable bonds is 11. The number of oxazole rings is 1. The summed E-state index contributed by atoms with van der Waals surface area (Å²) in [5, 5.41) is 8.10. The van der Waals surface area contributed by atoms with Gasteiger partial charge < -0.3 is 19.2 Å². The largest absolute Gasteiger partial charge is 0.496 e. The molecule has 1 aromatic heterocycles. The van der Waals surface area contributed by atoms with Gasteiger partial charge in [-0.05, 0) is 97.3 Å². The van der Waals surface area contributed by atoms with Gasteiger partial charge in [0, 0.05) is 27.6 Å². The Morgan fingerprint density at radius 2 is 1.77 bits per heavy atom. The molecule has 2 amide bonds. The number of benzene rings is 4. The number of halogens is 1. The Bertz CT molecular complexity index is 1780. The highest BCUT2D eigenvalue weighted by molar-refractivity contribution is 7.98. The van der Waals surface area contributed by atoms with Crippen molar-refractivity contribution in [3.8, 4) is 11.5 Å². The van der Waals surface area contributed by atoms with E-state index in [0.29, 0.717) is 33.0 Å². The number of aryl methyl sites for hydroxylation is 2. The van der Waals surface area contributed by atoms with E-state index in [9.17, 15) is 9.59 Å². The van der Waals surface area contributed by atoms with E-state index in [1.807, 2.05) is 56.3 Å². The number of ether oxygens (including phenoxy) is 2. The molecule has 0 spiro atoms. The summed E-state index contributed by atoms with van der Waals surface area (Å²) < 4.78 is 16.9. The number of anilines is 1. The van der Waals surface area contributed by atoms with Gasteiger partial charge in [0.15, 0.2) is 12.2 Å². The summed E-state index contributed by atoms with van der Waals surface area (Å²) in [6.45, 7) is 3.59. The van der Waals surface area contributed by atoms with Crippen molar-refractivity contribution >= 4 is 58.2 Å². The predicted molar refractivity (Wildman–Crippen MR) is 173 cm³/mol. The van der Waals surface area contributed by atoms with Crippen LogP contribution < -0.4 is 20.2 Å². The lowest BCUT2D eigenvalue weighted by Crippen LogP contribution is -2.20. The fourth-order valence-corrected chi connectivity index (χ4v) is 5.24. The van der Waals surface area contributed by atoms with Crippen molar-refractivity contribution in [2.45, 2.75) is 24.8 Å². The second-order valence-electron chi connectivity index (χ2n) is 9.79. The van der Waals surface area contributed by atoms with Gasteiger partial charge in [0.05, 0.1) is 13.3 Å². The van der Waals surface area contributed by atoms with Crippen molar-refractivity contribution in [2.24, 2.45) is 5.10 Å². The molecule has 9 nitrogen and oxygen atoms in total. The molecule has 0 radical (unpaired) electrons. The van der Waals surface area contributed by atoms with Gasteiger partial charge in [-0.3, -0.25) is 9.59 Å². The Labute approximate surface area is 263 Å². The first-order valence-corrected chi connectivity index (χ1v) is 14.9. The summed E-state index contributed by atoms with van der Waals surface area (Å²) >= 11 is 7.65. The van der Waals surface area contributed by atoms with Gasteiger partial charge in [-0.1, -0.05) is 35.5 Å². The summed E-state index contributed by atoms with van der Waals surface area (Å²) in [7, 11) is 1.62. The second kappa shape index (κ2) is 14.1. The number of carbonyl (C=O) groups excluding carboxylic acids is 2. The normalized spacial score (nSPS) is 11.1. The van der Waals surface area contributed by atoms with E-state index in [4.69, 9.17) is 25.5 Å². The van der Waals surface area contributed by atoms with Gasteiger partial charge in [-0.2, -0.15) is 5.10 Å². The highest BCUT2D eigenvalue weighted by Gasteiger charge is 2.11. The number of hydrogen-bond donors (Lipinski definition) is 2. The molecule has 224 valence electrons. The van der Waals surface area contributed by atoms with E-state index >= 15 is 0 Å². The second-order valence-corrected chi connectivity index (χ2v) is 11.1. The van der Waals surface area contributed by atoms with E-state index in [-0.39, 0.29) is 12.5 Å². The molecule has 1 heterocycles. The van der Waals surface area contributed by atoms with Crippen molar-refractivity contribution in [2.75, 3.05) is 19.0 Å².